The molecule has 144 heavy (non-hydrogen) atoms. The molecule has 0 spiro atoms. The lowest BCUT2D eigenvalue weighted by molar-refractivity contribution is 0.184. The van der Waals surface area contributed by atoms with Crippen LogP contribution in [0.4, 0.5) is 0 Å². The molecule has 1 unspecified atom stereocenters. The second-order valence-electron chi connectivity index (χ2n) is 32.9. The molecule has 3 aromatic heterocycles. The zero-order valence-electron chi connectivity index (χ0n) is 76.7. The number of aromatic nitrogens is 9. The summed E-state index contributed by atoms with van der Waals surface area (Å²) in [5.74, 6) is 5.68. The average molecular weight is 1880 g/mol. The Morgan fingerprint density at radius 3 is 0.576 bits per heavy atom. The molecule has 0 bridgehead atoms. The van der Waals surface area contributed by atoms with Gasteiger partial charge in [0, 0.05) is 0 Å². The van der Waals surface area contributed by atoms with Gasteiger partial charge in [-0.1, -0.05) is 315 Å². The highest BCUT2D eigenvalue weighted by Crippen LogP contribution is 2.40. The lowest BCUT2D eigenvalue weighted by Gasteiger charge is -2.23. The Labute approximate surface area is 827 Å². The molecule has 17 aromatic carbocycles. The van der Waals surface area contributed by atoms with E-state index in [2.05, 4.69) is 115 Å². The highest BCUT2D eigenvalue weighted by atomic mass is 16.6. The summed E-state index contributed by atoms with van der Waals surface area (Å²) < 4.78 is 76.1. The second kappa shape index (κ2) is 42.3. The summed E-state index contributed by atoms with van der Waals surface area (Å²) in [5.41, 5.74) is 17.9. The predicted octanol–water partition coefficient (Wildman–Crippen LogP) is 29.6. The number of ether oxygens (including phenoxy) is 12. The number of aliphatic imine (C=N–C) groups is 2. The van der Waals surface area contributed by atoms with Crippen LogP contribution in [-0.2, 0) is 0 Å². The molecule has 694 valence electrons. The fraction of sp³-hybridized carbons (Fsp3) is 0.0250. The number of allylic oxidation sites excluding steroid dienone is 4. The van der Waals surface area contributed by atoms with Gasteiger partial charge in [0.1, 0.15) is 69.0 Å². The number of nitrogens with one attached hydrogen (secondary N) is 1. The number of benzene rings is 17. The first-order valence-corrected chi connectivity index (χ1v) is 46.3. The summed E-state index contributed by atoms with van der Waals surface area (Å²) in [6, 6.07) is 141. The van der Waals surface area contributed by atoms with Crippen LogP contribution in [0.25, 0.3) is 94.6 Å². The fourth-order valence-corrected chi connectivity index (χ4v) is 15.8. The van der Waals surface area contributed by atoms with Crippen LogP contribution in [0, 0.1) is 0 Å². The zero-order chi connectivity index (χ0) is 96.4. The van der Waals surface area contributed by atoms with Gasteiger partial charge in [0.05, 0.1) is 0 Å². The molecule has 1 aliphatic heterocycles. The first-order valence-electron chi connectivity index (χ1n) is 46.3. The van der Waals surface area contributed by atoms with E-state index in [1.807, 2.05) is 382 Å². The lowest BCUT2D eigenvalue weighted by atomic mass is 10.00. The molecule has 2 aliphatic rings. The summed E-state index contributed by atoms with van der Waals surface area (Å²) in [6.07, 6.45) is 7.59. The molecule has 1 N–H and O–H groups in total. The van der Waals surface area contributed by atoms with Gasteiger partial charge in [-0.05, 0) is 259 Å². The normalized spacial score (nSPS) is 12.5. The van der Waals surface area contributed by atoms with Crippen molar-refractivity contribution in [2.24, 2.45) is 9.98 Å². The van der Waals surface area contributed by atoms with E-state index in [0.29, 0.717) is 69.0 Å². The van der Waals surface area contributed by atoms with Gasteiger partial charge in [0.2, 0.25) is 0 Å². The molecular weight excluding hydrogens is 1800 g/mol. The molecule has 0 fully saturated rings. The molecule has 1 atom stereocenters. The smallest absolute Gasteiger partial charge is 0.331 e. The Kier molecular flexibility index (Phi) is 26.2. The van der Waals surface area contributed by atoms with Gasteiger partial charge in [0.15, 0.2) is 0 Å². The van der Waals surface area contributed by atoms with Crippen LogP contribution >= 0.6 is 0 Å². The third-order valence-corrected chi connectivity index (χ3v) is 23.1. The largest absolute Gasteiger partial charge is 0.450 e. The van der Waals surface area contributed by atoms with Crippen LogP contribution in [0.3, 0.4) is 0 Å². The number of amidine groups is 2. The lowest BCUT2D eigenvalue weighted by Crippen LogP contribution is -2.45. The van der Waals surface area contributed by atoms with Crippen molar-refractivity contribution in [2.45, 2.75) is 19.2 Å². The monoisotopic (exact) mass is 1880 g/mol. The minimum Gasteiger partial charge on any atom is -0.450 e. The average Bonchev–Trinajstić information content (AvgIpc) is 0.819. The van der Waals surface area contributed by atoms with E-state index < -0.39 is 6.35 Å². The molecule has 24 nitrogen and oxygen atoms in total. The maximum absolute atomic E-state index is 6.44. The number of hydrogen-bond donors (Lipinski definition) is 1. The van der Waals surface area contributed by atoms with E-state index in [1.165, 1.54) is 0 Å². The van der Waals surface area contributed by atoms with Crippen LogP contribution in [0.2, 0.25) is 0 Å². The SMILES string of the molecule is C1=CC(c2ccc(Oc3nc(Oc4ccc(-c5ccccc5)cc4)nc(Oc4ccc(-c5ccc(Oc6nc(Oc7ccc(-c8ccc(OC9=NC(Oc%10ccc(-c%11ccccc%11)cc%10)=NC(Oc%10ccc(-c%11ccccc%11)cc%10)N9)cc8)cc7)nc(Oc7ccc(-c8ccc(Oc9nc(Oc%10ccc(-c%11ccccc%11)cc%10)nc(Oc%10ccc(-c%11ccccc%11)cc%10)n9)cc8)cc7)n6)cc5)cc4)n3)cc2)=CCC1. The van der Waals surface area contributed by atoms with Crippen molar-refractivity contribution in [2.75, 3.05) is 0 Å². The molecule has 0 radical (unpaired) electrons. The Morgan fingerprint density at radius 1 is 0.181 bits per heavy atom. The minimum absolute atomic E-state index is 0.0250. The summed E-state index contributed by atoms with van der Waals surface area (Å²) in [6.45, 7) is 0. The molecule has 0 amide bonds. The van der Waals surface area contributed by atoms with Crippen molar-refractivity contribution in [1.29, 1.82) is 0 Å². The van der Waals surface area contributed by atoms with E-state index in [-0.39, 0.29) is 66.1 Å². The Morgan fingerprint density at radius 2 is 0.368 bits per heavy atom. The first-order chi connectivity index (χ1) is 71.1. The van der Waals surface area contributed by atoms with Crippen molar-refractivity contribution in [3.63, 3.8) is 0 Å². The van der Waals surface area contributed by atoms with Crippen molar-refractivity contribution in [3.8, 4) is 212 Å². The van der Waals surface area contributed by atoms with Crippen LogP contribution in [0.15, 0.2) is 471 Å². The summed E-state index contributed by atoms with van der Waals surface area (Å²) in [4.78, 5) is 50.7. The summed E-state index contributed by atoms with van der Waals surface area (Å²) >= 11 is 0. The third-order valence-electron chi connectivity index (χ3n) is 23.1. The standard InChI is InChI=1S/C120H82N12O12/c1-7-19-79(20-8-1)85-31-55-97(56-32-85)133-109-121-110(134-98-57-33-86(34-58-98)80-21-9-2-10-22-80)125-115(124-109)139-103-67-43-91(44-68-103)94-49-73-106(74-50-94)142-118-130-119(143-107-75-51-95(52-76-107)92-45-69-104(70-46-92)140-116-126-111(135-99-59-35-87(36-60-99)81-23-11-3-12-24-81)122-112(127-116)136-100-61-37-88(38-62-100)82-25-13-4-14-26-82)132-120(131-118)144-108-77-53-96(54-78-108)93-47-71-105(72-48-93)141-117-128-113(137-101-63-39-89(40-64-101)83-27-15-5-16-28-83)123-114(129-117)138-102-65-41-90(42-66-102)84-29-17-6-18-30-84/h1-5,7-17,19-78,109H,6,18H2,(H,121,124,125). The molecule has 22 rings (SSSR count). The van der Waals surface area contributed by atoms with Crippen molar-refractivity contribution >= 4 is 17.6 Å². The van der Waals surface area contributed by atoms with E-state index in [0.717, 1.165) is 113 Å². The van der Waals surface area contributed by atoms with Crippen LogP contribution < -0.4 is 62.2 Å². The number of nitrogens with zero attached hydrogens (tertiary/aromatic N) is 11. The predicted molar refractivity (Wildman–Crippen MR) is 552 cm³/mol. The maximum atomic E-state index is 6.44. The van der Waals surface area contributed by atoms with Crippen LogP contribution in [-0.4, -0.2) is 63.3 Å². The quantitative estimate of drug-likeness (QED) is 0.0423. The van der Waals surface area contributed by atoms with Crippen LogP contribution in [0.1, 0.15) is 18.4 Å². The van der Waals surface area contributed by atoms with Gasteiger partial charge in [-0.15, -0.1) is 49.8 Å². The summed E-state index contributed by atoms with van der Waals surface area (Å²) in [5, 5.41) is 3.18. The fourth-order valence-electron chi connectivity index (χ4n) is 15.8. The number of hydrogen-bond acceptors (Lipinski definition) is 24. The molecular formula is C120H82N12O12. The molecule has 24 heteroatoms. The van der Waals surface area contributed by atoms with E-state index in [1.54, 1.807) is 24.3 Å². The van der Waals surface area contributed by atoms with Gasteiger partial charge in [-0.3, -0.25) is 5.32 Å². The third kappa shape index (κ3) is 22.8. The highest BCUT2D eigenvalue weighted by Gasteiger charge is 2.25. The van der Waals surface area contributed by atoms with Gasteiger partial charge >= 0.3 is 66.1 Å². The Hall–Kier alpha value is -20.0. The maximum Gasteiger partial charge on any atom is 0.331 e. The Bertz CT molecular complexity index is 7850. The van der Waals surface area contributed by atoms with Gasteiger partial charge in [0.25, 0.3) is 6.35 Å². The minimum atomic E-state index is -0.965. The van der Waals surface area contributed by atoms with Crippen molar-refractivity contribution in [1.82, 2.24) is 50.2 Å². The van der Waals surface area contributed by atoms with Gasteiger partial charge < -0.3 is 56.8 Å². The van der Waals surface area contributed by atoms with E-state index in [9.17, 15) is 0 Å². The van der Waals surface area contributed by atoms with Gasteiger partial charge in [-0.25, -0.2) is 0 Å². The van der Waals surface area contributed by atoms with Crippen molar-refractivity contribution in [3.05, 3.63) is 467 Å². The Balaban J connectivity index is 0.498. The van der Waals surface area contributed by atoms with Crippen LogP contribution in [0.5, 0.6) is 123 Å². The molecule has 0 saturated heterocycles. The first kappa shape index (κ1) is 89.2. The molecule has 4 heterocycles. The van der Waals surface area contributed by atoms with Gasteiger partial charge in [-0.2, -0.15) is 4.99 Å². The van der Waals surface area contributed by atoms with E-state index >= 15 is 0 Å². The molecule has 20 aromatic rings. The topological polar surface area (TPSA) is 264 Å². The summed E-state index contributed by atoms with van der Waals surface area (Å²) in [7, 11) is 0. The second-order valence-corrected chi connectivity index (χ2v) is 32.9. The molecule has 1 aliphatic carbocycles. The highest BCUT2D eigenvalue weighted by molar-refractivity contribution is 5.93. The molecule has 0 saturated carbocycles. The number of rotatable bonds is 31. The van der Waals surface area contributed by atoms with E-state index in [4.69, 9.17) is 56.8 Å². The zero-order valence-corrected chi connectivity index (χ0v) is 76.7. The van der Waals surface area contributed by atoms with Crippen molar-refractivity contribution < 1.29 is 56.8 Å².